The Morgan fingerprint density at radius 2 is 1.95 bits per heavy atom. The molecule has 4 nitrogen and oxygen atoms in total. The quantitative estimate of drug-likeness (QED) is 0.791. The van der Waals surface area contributed by atoms with E-state index in [1.807, 2.05) is 30.3 Å². The van der Waals surface area contributed by atoms with E-state index in [4.69, 9.17) is 4.42 Å². The number of rotatable bonds is 5. The molecule has 106 valence electrons. The monoisotopic (exact) mass is 281 g/mol. The van der Waals surface area contributed by atoms with Gasteiger partial charge in [0.1, 0.15) is 5.76 Å². The second-order valence-electron chi connectivity index (χ2n) is 4.95. The van der Waals surface area contributed by atoms with Crippen LogP contribution in [0.15, 0.2) is 64.8 Å². The molecular weight excluding hydrogens is 266 g/mol. The summed E-state index contributed by atoms with van der Waals surface area (Å²) in [4.78, 5) is 25.9. The van der Waals surface area contributed by atoms with Crippen molar-refractivity contribution in [3.05, 3.63) is 71.7 Å². The fourth-order valence-electron chi connectivity index (χ4n) is 2.37. The standard InChI is InChI=1S/C17H15NO3/c19-16-11-14(17(20)13-5-2-1-3-6-13)12-18(16)9-8-15-7-4-10-21-15/h1-7,10-11H,8-9,12H2. The maximum atomic E-state index is 12.3. The first kappa shape index (κ1) is 13.4. The average molecular weight is 281 g/mol. The van der Waals surface area contributed by atoms with Crippen molar-refractivity contribution in [1.29, 1.82) is 0 Å². The van der Waals surface area contributed by atoms with E-state index < -0.39 is 0 Å². The lowest BCUT2D eigenvalue weighted by molar-refractivity contribution is -0.124. The molecule has 1 aromatic carbocycles. The van der Waals surface area contributed by atoms with Crippen molar-refractivity contribution in [2.24, 2.45) is 0 Å². The van der Waals surface area contributed by atoms with Crippen molar-refractivity contribution < 1.29 is 14.0 Å². The molecule has 4 heteroatoms. The first-order valence-corrected chi connectivity index (χ1v) is 6.85. The van der Waals surface area contributed by atoms with Gasteiger partial charge in [-0.05, 0) is 12.1 Å². The second kappa shape index (κ2) is 5.79. The Kier molecular flexibility index (Phi) is 3.69. The number of ketones is 1. The summed E-state index contributed by atoms with van der Waals surface area (Å²) in [5, 5.41) is 0. The summed E-state index contributed by atoms with van der Waals surface area (Å²) >= 11 is 0. The van der Waals surface area contributed by atoms with Crippen molar-refractivity contribution in [2.75, 3.05) is 13.1 Å². The summed E-state index contributed by atoms with van der Waals surface area (Å²) in [6.45, 7) is 0.918. The minimum Gasteiger partial charge on any atom is -0.469 e. The van der Waals surface area contributed by atoms with Gasteiger partial charge in [-0.2, -0.15) is 0 Å². The highest BCUT2D eigenvalue weighted by Crippen LogP contribution is 2.17. The van der Waals surface area contributed by atoms with Crippen LogP contribution in [0.25, 0.3) is 0 Å². The number of hydrogen-bond donors (Lipinski definition) is 0. The van der Waals surface area contributed by atoms with Gasteiger partial charge in [0.15, 0.2) is 5.78 Å². The number of carbonyl (C=O) groups is 2. The van der Waals surface area contributed by atoms with E-state index in [2.05, 4.69) is 0 Å². The minimum absolute atomic E-state index is 0.0792. The molecule has 2 aromatic rings. The Morgan fingerprint density at radius 3 is 2.67 bits per heavy atom. The molecule has 0 saturated carbocycles. The topological polar surface area (TPSA) is 50.5 Å². The van der Waals surface area contributed by atoms with E-state index in [1.165, 1.54) is 6.08 Å². The van der Waals surface area contributed by atoms with Crippen LogP contribution in [0.2, 0.25) is 0 Å². The normalized spacial score (nSPS) is 14.4. The highest BCUT2D eigenvalue weighted by Gasteiger charge is 2.26. The molecule has 0 spiro atoms. The van der Waals surface area contributed by atoms with Gasteiger partial charge in [-0.15, -0.1) is 0 Å². The lowest BCUT2D eigenvalue weighted by Gasteiger charge is -2.15. The number of nitrogens with zero attached hydrogens (tertiary/aromatic N) is 1. The van der Waals surface area contributed by atoms with Crippen molar-refractivity contribution in [3.63, 3.8) is 0 Å². The molecule has 1 aliphatic heterocycles. The van der Waals surface area contributed by atoms with Crippen molar-refractivity contribution in [1.82, 2.24) is 4.90 Å². The van der Waals surface area contributed by atoms with Gasteiger partial charge >= 0.3 is 0 Å². The van der Waals surface area contributed by atoms with E-state index in [0.29, 0.717) is 30.6 Å². The number of Topliss-reactive ketones (excluding diaryl/α,β-unsaturated/α-hetero) is 1. The number of carbonyl (C=O) groups excluding carboxylic acids is 2. The van der Waals surface area contributed by atoms with E-state index in [1.54, 1.807) is 23.3 Å². The summed E-state index contributed by atoms with van der Waals surface area (Å²) in [5.41, 5.74) is 1.16. The van der Waals surface area contributed by atoms with Crippen molar-refractivity contribution in [2.45, 2.75) is 6.42 Å². The highest BCUT2D eigenvalue weighted by molar-refractivity contribution is 6.14. The third kappa shape index (κ3) is 2.94. The predicted octanol–water partition coefficient (Wildman–Crippen LogP) is 2.47. The predicted molar refractivity (Wildman–Crippen MR) is 77.8 cm³/mol. The van der Waals surface area contributed by atoms with Crippen molar-refractivity contribution in [3.8, 4) is 0 Å². The third-order valence-electron chi connectivity index (χ3n) is 3.51. The van der Waals surface area contributed by atoms with Crippen LogP contribution in [0, 0.1) is 0 Å². The van der Waals surface area contributed by atoms with Gasteiger partial charge in [0.2, 0.25) is 5.91 Å². The smallest absolute Gasteiger partial charge is 0.247 e. The van der Waals surface area contributed by atoms with Crippen LogP contribution in [-0.4, -0.2) is 29.7 Å². The maximum absolute atomic E-state index is 12.3. The summed E-state index contributed by atoms with van der Waals surface area (Å²) < 4.78 is 5.25. The Labute approximate surface area is 122 Å². The first-order chi connectivity index (χ1) is 10.2. The molecule has 2 heterocycles. The zero-order valence-electron chi connectivity index (χ0n) is 11.5. The third-order valence-corrected chi connectivity index (χ3v) is 3.51. The largest absolute Gasteiger partial charge is 0.469 e. The molecule has 0 radical (unpaired) electrons. The molecule has 1 amide bonds. The lowest BCUT2D eigenvalue weighted by Crippen LogP contribution is -2.28. The van der Waals surface area contributed by atoms with Gasteiger partial charge in [-0.3, -0.25) is 9.59 Å². The van der Waals surface area contributed by atoms with Gasteiger partial charge in [-0.25, -0.2) is 0 Å². The van der Waals surface area contributed by atoms with Crippen LogP contribution in [-0.2, 0) is 11.2 Å². The summed E-state index contributed by atoms with van der Waals surface area (Å²) in [5.74, 6) is 0.649. The first-order valence-electron chi connectivity index (χ1n) is 6.85. The summed E-state index contributed by atoms with van der Waals surface area (Å²) in [6, 6.07) is 12.7. The minimum atomic E-state index is -0.110. The zero-order valence-corrected chi connectivity index (χ0v) is 11.5. The van der Waals surface area contributed by atoms with Crippen LogP contribution in [0.4, 0.5) is 0 Å². The van der Waals surface area contributed by atoms with Crippen LogP contribution in [0.3, 0.4) is 0 Å². The zero-order chi connectivity index (χ0) is 14.7. The maximum Gasteiger partial charge on any atom is 0.247 e. The van der Waals surface area contributed by atoms with E-state index in [0.717, 1.165) is 5.76 Å². The van der Waals surface area contributed by atoms with E-state index >= 15 is 0 Å². The van der Waals surface area contributed by atoms with Gasteiger partial charge < -0.3 is 9.32 Å². The van der Waals surface area contributed by atoms with Crippen LogP contribution in [0.1, 0.15) is 16.1 Å². The molecule has 0 fully saturated rings. The van der Waals surface area contributed by atoms with Crippen LogP contribution < -0.4 is 0 Å². The van der Waals surface area contributed by atoms with Crippen LogP contribution >= 0.6 is 0 Å². The van der Waals surface area contributed by atoms with Crippen LogP contribution in [0.5, 0.6) is 0 Å². The van der Waals surface area contributed by atoms with E-state index in [9.17, 15) is 9.59 Å². The lowest BCUT2D eigenvalue weighted by atomic mass is 10.0. The molecule has 1 aliphatic rings. The number of benzene rings is 1. The average Bonchev–Trinajstić information content (AvgIpc) is 3.15. The SMILES string of the molecule is O=C(C1=CC(=O)N(CCc2ccco2)C1)c1ccccc1. The fraction of sp³-hybridized carbons (Fsp3) is 0.176. The molecule has 21 heavy (non-hydrogen) atoms. The highest BCUT2D eigenvalue weighted by atomic mass is 16.3. The number of furan rings is 1. The molecule has 0 unspecified atom stereocenters. The Bertz CT molecular complexity index is 671. The van der Waals surface area contributed by atoms with Gasteiger partial charge in [0.05, 0.1) is 12.8 Å². The summed E-state index contributed by atoms with van der Waals surface area (Å²) in [7, 11) is 0. The molecule has 0 saturated heterocycles. The molecule has 0 N–H and O–H groups in total. The van der Waals surface area contributed by atoms with Gasteiger partial charge in [0.25, 0.3) is 0 Å². The Hall–Kier alpha value is -2.62. The van der Waals surface area contributed by atoms with Gasteiger partial charge in [-0.1, -0.05) is 30.3 Å². The molecule has 3 rings (SSSR count). The number of hydrogen-bond acceptors (Lipinski definition) is 3. The van der Waals surface area contributed by atoms with E-state index in [-0.39, 0.29) is 11.7 Å². The Morgan fingerprint density at radius 1 is 1.14 bits per heavy atom. The summed E-state index contributed by atoms with van der Waals surface area (Å²) in [6.07, 6.45) is 3.71. The molecule has 1 aromatic heterocycles. The molecule has 0 aliphatic carbocycles. The second-order valence-corrected chi connectivity index (χ2v) is 4.95. The molecule has 0 bridgehead atoms. The molecule has 0 atom stereocenters. The fourth-order valence-corrected chi connectivity index (χ4v) is 2.37. The van der Waals surface area contributed by atoms with Gasteiger partial charge in [0, 0.05) is 30.2 Å². The Balaban J connectivity index is 1.63. The number of amides is 1. The molecular formula is C17H15NO3. The van der Waals surface area contributed by atoms with Crippen molar-refractivity contribution >= 4 is 11.7 Å².